The zero-order valence-corrected chi connectivity index (χ0v) is 21.2. The van der Waals surface area contributed by atoms with E-state index in [1.807, 2.05) is 69.3 Å². The summed E-state index contributed by atoms with van der Waals surface area (Å²) in [6.07, 6.45) is 0. The van der Waals surface area contributed by atoms with Crippen LogP contribution in [0.3, 0.4) is 0 Å². The van der Waals surface area contributed by atoms with Crippen LogP contribution in [0, 0.1) is 0 Å². The Morgan fingerprint density at radius 1 is 0.909 bits per heavy atom. The van der Waals surface area contributed by atoms with Gasteiger partial charge in [-0.2, -0.15) is 0 Å². The molecule has 0 heterocycles. The number of hydrogen-bond donors (Lipinski definition) is 1. The van der Waals surface area contributed by atoms with E-state index in [0.29, 0.717) is 5.75 Å². The molecule has 180 valence electrons. The molecular weight excluding hydrogens is 416 g/mol. The average Bonchev–Trinajstić information content (AvgIpc) is 2.74. The highest BCUT2D eigenvalue weighted by Gasteiger charge is 2.28. The molecule has 0 bridgehead atoms. The number of carbonyl (C=O) groups excluding carboxylic acids is 2. The zero-order valence-electron chi connectivity index (χ0n) is 21.2. The Morgan fingerprint density at radius 3 is 1.94 bits per heavy atom. The minimum Gasteiger partial charge on any atom is -0.497 e. The van der Waals surface area contributed by atoms with E-state index in [2.05, 4.69) is 26.1 Å². The highest BCUT2D eigenvalue weighted by molar-refractivity contribution is 5.88. The van der Waals surface area contributed by atoms with Crippen LogP contribution in [-0.2, 0) is 21.5 Å². The Labute approximate surface area is 198 Å². The molecule has 0 aliphatic heterocycles. The van der Waals surface area contributed by atoms with E-state index >= 15 is 0 Å². The maximum absolute atomic E-state index is 13.2. The zero-order chi connectivity index (χ0) is 24.8. The fraction of sp³-hybridized carbons (Fsp3) is 0.481. The predicted molar refractivity (Wildman–Crippen MR) is 132 cm³/mol. The third kappa shape index (κ3) is 8.12. The Balaban J connectivity index is 2.16. The van der Waals surface area contributed by atoms with Crippen molar-refractivity contribution in [2.24, 2.45) is 0 Å². The molecule has 1 atom stereocenters. The van der Waals surface area contributed by atoms with Crippen molar-refractivity contribution in [3.63, 3.8) is 0 Å². The quantitative estimate of drug-likeness (QED) is 0.628. The number of carbonyl (C=O) groups is 2. The van der Waals surface area contributed by atoms with Crippen molar-refractivity contribution in [3.8, 4) is 11.5 Å². The fourth-order valence-electron chi connectivity index (χ4n) is 3.26. The van der Waals surface area contributed by atoms with Crippen LogP contribution in [0.5, 0.6) is 11.5 Å². The summed E-state index contributed by atoms with van der Waals surface area (Å²) >= 11 is 0. The Kier molecular flexibility index (Phi) is 8.53. The molecule has 0 aliphatic rings. The van der Waals surface area contributed by atoms with Crippen LogP contribution in [0.1, 0.15) is 59.6 Å². The number of rotatable bonds is 8. The topological polar surface area (TPSA) is 67.9 Å². The lowest BCUT2D eigenvalue weighted by molar-refractivity contribution is -0.142. The summed E-state index contributed by atoms with van der Waals surface area (Å²) in [5, 5.41) is 2.96. The van der Waals surface area contributed by atoms with Crippen LogP contribution < -0.4 is 14.8 Å². The second kappa shape index (κ2) is 10.7. The van der Waals surface area contributed by atoms with E-state index < -0.39 is 11.6 Å². The molecular formula is C27H38N2O4. The first-order valence-corrected chi connectivity index (χ1v) is 11.3. The summed E-state index contributed by atoms with van der Waals surface area (Å²) in [6, 6.07) is 14.6. The molecule has 0 aliphatic carbocycles. The van der Waals surface area contributed by atoms with Crippen molar-refractivity contribution in [3.05, 3.63) is 59.7 Å². The van der Waals surface area contributed by atoms with Gasteiger partial charge >= 0.3 is 0 Å². The third-order valence-electron chi connectivity index (χ3n) is 5.26. The molecule has 1 N–H and O–H groups in total. The van der Waals surface area contributed by atoms with Crippen molar-refractivity contribution >= 4 is 11.8 Å². The van der Waals surface area contributed by atoms with E-state index in [4.69, 9.17) is 9.47 Å². The Morgan fingerprint density at radius 2 is 1.45 bits per heavy atom. The van der Waals surface area contributed by atoms with Gasteiger partial charge in [0.1, 0.15) is 17.5 Å². The maximum atomic E-state index is 13.2. The molecule has 0 unspecified atom stereocenters. The van der Waals surface area contributed by atoms with Gasteiger partial charge in [-0.1, -0.05) is 45.0 Å². The highest BCUT2D eigenvalue weighted by atomic mass is 16.5. The summed E-state index contributed by atoms with van der Waals surface area (Å²) in [5.74, 6) is 0.880. The van der Waals surface area contributed by atoms with Gasteiger partial charge in [-0.25, -0.2) is 0 Å². The van der Waals surface area contributed by atoms with Gasteiger partial charge in [-0.05, 0) is 68.5 Å². The van der Waals surface area contributed by atoms with Gasteiger partial charge in [0.25, 0.3) is 5.91 Å². The van der Waals surface area contributed by atoms with Gasteiger partial charge in [0.15, 0.2) is 6.61 Å². The molecule has 0 fully saturated rings. The number of methoxy groups -OCH3 is 1. The van der Waals surface area contributed by atoms with Crippen LogP contribution in [0.2, 0.25) is 0 Å². The molecule has 0 saturated carbocycles. The highest BCUT2D eigenvalue weighted by Crippen LogP contribution is 2.24. The SMILES string of the molecule is COc1ccc(CN(C(=O)COc2ccc(C(C)(C)C)cc2)[C@H](C)C(=O)NC(C)(C)C)cc1. The van der Waals surface area contributed by atoms with Crippen molar-refractivity contribution in [2.45, 2.75) is 72.0 Å². The fourth-order valence-corrected chi connectivity index (χ4v) is 3.26. The van der Waals surface area contributed by atoms with Crippen molar-refractivity contribution < 1.29 is 19.1 Å². The monoisotopic (exact) mass is 454 g/mol. The van der Waals surface area contributed by atoms with Gasteiger partial charge in [0.2, 0.25) is 5.91 Å². The molecule has 2 rings (SSSR count). The first kappa shape index (κ1) is 26.2. The number of hydrogen-bond acceptors (Lipinski definition) is 4. The first-order chi connectivity index (χ1) is 15.3. The molecule has 6 nitrogen and oxygen atoms in total. The summed E-state index contributed by atoms with van der Waals surface area (Å²) in [4.78, 5) is 27.6. The van der Waals surface area contributed by atoms with E-state index in [-0.39, 0.29) is 30.4 Å². The summed E-state index contributed by atoms with van der Waals surface area (Å²) in [6.45, 7) is 14.0. The second-order valence-electron chi connectivity index (χ2n) is 10.3. The van der Waals surface area contributed by atoms with Gasteiger partial charge in [0.05, 0.1) is 7.11 Å². The summed E-state index contributed by atoms with van der Waals surface area (Å²) in [5.41, 5.74) is 1.73. The minimum atomic E-state index is -0.661. The largest absolute Gasteiger partial charge is 0.497 e. The van der Waals surface area contributed by atoms with Crippen LogP contribution in [0.4, 0.5) is 0 Å². The normalized spacial score (nSPS) is 12.6. The van der Waals surface area contributed by atoms with Crippen LogP contribution >= 0.6 is 0 Å². The van der Waals surface area contributed by atoms with Crippen molar-refractivity contribution in [1.82, 2.24) is 10.2 Å². The van der Waals surface area contributed by atoms with E-state index in [0.717, 1.165) is 11.3 Å². The number of ether oxygens (including phenoxy) is 2. The number of nitrogens with one attached hydrogen (secondary N) is 1. The smallest absolute Gasteiger partial charge is 0.261 e. The summed E-state index contributed by atoms with van der Waals surface area (Å²) < 4.78 is 11.0. The number of amides is 2. The van der Waals surface area contributed by atoms with Gasteiger partial charge in [-0.15, -0.1) is 0 Å². The maximum Gasteiger partial charge on any atom is 0.261 e. The van der Waals surface area contributed by atoms with Crippen LogP contribution in [-0.4, -0.2) is 42.0 Å². The van der Waals surface area contributed by atoms with Crippen LogP contribution in [0.15, 0.2) is 48.5 Å². The van der Waals surface area contributed by atoms with Crippen LogP contribution in [0.25, 0.3) is 0 Å². The molecule has 0 aromatic heterocycles. The molecule has 0 spiro atoms. The van der Waals surface area contributed by atoms with Gasteiger partial charge in [0, 0.05) is 12.1 Å². The van der Waals surface area contributed by atoms with Gasteiger partial charge in [-0.3, -0.25) is 9.59 Å². The molecule has 0 radical (unpaired) electrons. The van der Waals surface area contributed by atoms with E-state index in [9.17, 15) is 9.59 Å². The lowest BCUT2D eigenvalue weighted by atomic mass is 9.87. The predicted octanol–water partition coefficient (Wildman–Crippen LogP) is 4.70. The Hall–Kier alpha value is -3.02. The first-order valence-electron chi connectivity index (χ1n) is 11.3. The van der Waals surface area contributed by atoms with Gasteiger partial charge < -0.3 is 19.7 Å². The number of benzene rings is 2. The molecule has 6 heteroatoms. The molecule has 0 saturated heterocycles. The molecule has 2 amide bonds. The third-order valence-corrected chi connectivity index (χ3v) is 5.26. The molecule has 33 heavy (non-hydrogen) atoms. The molecule has 2 aromatic carbocycles. The standard InChI is InChI=1S/C27H38N2O4/c1-19(25(31)28-27(5,6)7)29(17-20-9-13-22(32-8)14-10-20)24(30)18-33-23-15-11-21(12-16-23)26(2,3)4/h9-16,19H,17-18H2,1-8H3,(H,28,31)/t19-/m1/s1. The second-order valence-corrected chi connectivity index (χ2v) is 10.3. The summed E-state index contributed by atoms with van der Waals surface area (Å²) in [7, 11) is 1.61. The minimum absolute atomic E-state index is 0.0410. The van der Waals surface area contributed by atoms with E-state index in [1.165, 1.54) is 5.56 Å². The Bertz CT molecular complexity index is 923. The average molecular weight is 455 g/mol. The lowest BCUT2D eigenvalue weighted by Crippen LogP contribution is -2.53. The van der Waals surface area contributed by atoms with Crippen molar-refractivity contribution in [1.29, 1.82) is 0 Å². The lowest BCUT2D eigenvalue weighted by Gasteiger charge is -2.31. The number of nitrogens with zero attached hydrogens (tertiary/aromatic N) is 1. The molecule has 2 aromatic rings. The van der Waals surface area contributed by atoms with E-state index in [1.54, 1.807) is 18.9 Å². The van der Waals surface area contributed by atoms with Crippen molar-refractivity contribution in [2.75, 3.05) is 13.7 Å².